The van der Waals surface area contributed by atoms with Crippen molar-refractivity contribution in [3.05, 3.63) is 65.9 Å². The third-order valence-corrected chi connectivity index (χ3v) is 4.72. The topological polar surface area (TPSA) is 59.1 Å². The molecule has 0 atom stereocenters. The smallest absolute Gasteiger partial charge is 0.263 e. The molecular formula is C17H16N2O2S. The minimum absolute atomic E-state index is 0.229. The Kier molecular flexibility index (Phi) is 3.58. The van der Waals surface area contributed by atoms with E-state index in [1.165, 1.54) is 0 Å². The van der Waals surface area contributed by atoms with Crippen molar-refractivity contribution < 1.29 is 8.42 Å². The van der Waals surface area contributed by atoms with Crippen molar-refractivity contribution in [2.24, 2.45) is 0 Å². The molecule has 1 N–H and O–H groups in total. The van der Waals surface area contributed by atoms with E-state index in [2.05, 4.69) is 9.71 Å². The average molecular weight is 312 g/mol. The van der Waals surface area contributed by atoms with Gasteiger partial charge in [0.15, 0.2) is 0 Å². The Balaban J connectivity index is 2.00. The molecule has 1 aromatic heterocycles. The van der Waals surface area contributed by atoms with Gasteiger partial charge in [0, 0.05) is 5.69 Å². The first-order chi connectivity index (χ1) is 10.4. The van der Waals surface area contributed by atoms with E-state index in [1.807, 2.05) is 44.2 Å². The van der Waals surface area contributed by atoms with Gasteiger partial charge in [-0.1, -0.05) is 30.3 Å². The van der Waals surface area contributed by atoms with Crippen molar-refractivity contribution in [2.45, 2.75) is 18.7 Å². The minimum atomic E-state index is -3.65. The molecule has 0 unspecified atom stereocenters. The maximum Gasteiger partial charge on any atom is 0.263 e. The molecule has 5 heteroatoms. The van der Waals surface area contributed by atoms with Gasteiger partial charge < -0.3 is 0 Å². The lowest BCUT2D eigenvalue weighted by atomic mass is 10.1. The van der Waals surface area contributed by atoms with Gasteiger partial charge in [-0.15, -0.1) is 0 Å². The van der Waals surface area contributed by atoms with Gasteiger partial charge >= 0.3 is 0 Å². The number of rotatable bonds is 3. The van der Waals surface area contributed by atoms with Gasteiger partial charge in [-0.05, 0) is 54.4 Å². The monoisotopic (exact) mass is 312 g/mol. The number of pyridine rings is 1. The Labute approximate surface area is 129 Å². The highest BCUT2D eigenvalue weighted by Gasteiger charge is 2.15. The van der Waals surface area contributed by atoms with Gasteiger partial charge in [0.25, 0.3) is 10.0 Å². The van der Waals surface area contributed by atoms with E-state index < -0.39 is 10.0 Å². The van der Waals surface area contributed by atoms with Crippen LogP contribution in [0.25, 0.3) is 10.8 Å². The van der Waals surface area contributed by atoms with Crippen LogP contribution in [0.5, 0.6) is 0 Å². The summed E-state index contributed by atoms with van der Waals surface area (Å²) in [6, 6.07) is 16.3. The molecule has 3 aromatic rings. The van der Waals surface area contributed by atoms with Crippen LogP contribution in [0.4, 0.5) is 5.82 Å². The fourth-order valence-electron chi connectivity index (χ4n) is 2.42. The lowest BCUT2D eigenvalue weighted by molar-refractivity contribution is 0.601. The summed E-state index contributed by atoms with van der Waals surface area (Å²) in [6.45, 7) is 3.74. The van der Waals surface area contributed by atoms with Crippen LogP contribution in [0.2, 0.25) is 0 Å². The molecule has 0 saturated heterocycles. The largest absolute Gasteiger partial charge is 0.263 e. The fraction of sp³-hybridized carbons (Fsp3) is 0.118. The number of fused-ring (bicyclic) bond motifs is 1. The summed E-state index contributed by atoms with van der Waals surface area (Å²) >= 11 is 0. The third-order valence-electron chi connectivity index (χ3n) is 3.37. The molecule has 0 aliphatic carbocycles. The fourth-order valence-corrected chi connectivity index (χ4v) is 3.45. The Morgan fingerprint density at radius 1 is 0.909 bits per heavy atom. The zero-order chi connectivity index (χ0) is 15.7. The van der Waals surface area contributed by atoms with Gasteiger partial charge in [0.05, 0.1) is 4.90 Å². The second-order valence-electron chi connectivity index (χ2n) is 5.29. The van der Waals surface area contributed by atoms with Gasteiger partial charge in [-0.25, -0.2) is 13.4 Å². The number of nitrogens with zero attached hydrogens (tertiary/aromatic N) is 1. The number of aryl methyl sites for hydroxylation is 2. The van der Waals surface area contributed by atoms with E-state index in [1.54, 1.807) is 24.3 Å². The number of nitrogens with one attached hydrogen (secondary N) is 1. The zero-order valence-electron chi connectivity index (χ0n) is 12.4. The maximum absolute atomic E-state index is 12.5. The van der Waals surface area contributed by atoms with Gasteiger partial charge in [-0.2, -0.15) is 0 Å². The van der Waals surface area contributed by atoms with E-state index in [9.17, 15) is 8.42 Å². The Morgan fingerprint density at radius 3 is 2.36 bits per heavy atom. The SMILES string of the molecule is Cc1cc(C)nc(NS(=O)(=O)c2ccc3ccccc3c2)c1. The lowest BCUT2D eigenvalue weighted by Gasteiger charge is -2.09. The number of hydrogen-bond donors (Lipinski definition) is 1. The van der Waals surface area contributed by atoms with Crippen molar-refractivity contribution in [1.82, 2.24) is 4.98 Å². The summed E-state index contributed by atoms with van der Waals surface area (Å²) in [7, 11) is -3.65. The molecule has 0 fully saturated rings. The number of anilines is 1. The highest BCUT2D eigenvalue weighted by molar-refractivity contribution is 7.92. The Hall–Kier alpha value is -2.40. The highest BCUT2D eigenvalue weighted by atomic mass is 32.2. The Bertz CT molecular complexity index is 930. The van der Waals surface area contributed by atoms with E-state index in [0.29, 0.717) is 5.82 Å². The predicted octanol–water partition coefficient (Wildman–Crippen LogP) is 3.65. The minimum Gasteiger partial charge on any atom is -0.263 e. The molecule has 0 amide bonds. The molecule has 2 aromatic carbocycles. The van der Waals surface area contributed by atoms with Crippen LogP contribution in [-0.2, 0) is 10.0 Å². The molecule has 0 spiro atoms. The first-order valence-electron chi connectivity index (χ1n) is 6.91. The standard InChI is InChI=1S/C17H16N2O2S/c1-12-9-13(2)18-17(10-12)19-22(20,21)16-8-7-14-5-3-4-6-15(14)11-16/h3-11H,1-2H3,(H,18,19). The van der Waals surface area contributed by atoms with Crippen molar-refractivity contribution in [1.29, 1.82) is 0 Å². The average Bonchev–Trinajstić information content (AvgIpc) is 2.45. The molecule has 0 radical (unpaired) electrons. The van der Waals surface area contributed by atoms with Gasteiger partial charge in [0.1, 0.15) is 5.82 Å². The summed E-state index contributed by atoms with van der Waals surface area (Å²) in [5, 5.41) is 1.89. The lowest BCUT2D eigenvalue weighted by Crippen LogP contribution is -2.14. The molecule has 22 heavy (non-hydrogen) atoms. The van der Waals surface area contributed by atoms with E-state index in [4.69, 9.17) is 0 Å². The van der Waals surface area contributed by atoms with Crippen molar-refractivity contribution in [2.75, 3.05) is 4.72 Å². The van der Waals surface area contributed by atoms with Gasteiger partial charge in [0.2, 0.25) is 0 Å². The second kappa shape index (κ2) is 5.42. The van der Waals surface area contributed by atoms with Crippen LogP contribution >= 0.6 is 0 Å². The summed E-state index contributed by atoms with van der Waals surface area (Å²) in [6.07, 6.45) is 0. The number of hydrogen-bond acceptors (Lipinski definition) is 3. The predicted molar refractivity (Wildman–Crippen MR) is 88.5 cm³/mol. The Morgan fingerprint density at radius 2 is 1.64 bits per heavy atom. The molecule has 3 rings (SSSR count). The normalized spacial score (nSPS) is 11.5. The van der Waals surface area contributed by atoms with Crippen molar-refractivity contribution >= 4 is 26.6 Å². The molecule has 1 heterocycles. The van der Waals surface area contributed by atoms with Crippen LogP contribution in [0, 0.1) is 13.8 Å². The molecule has 0 aliphatic rings. The molecule has 0 saturated carbocycles. The molecule has 4 nitrogen and oxygen atoms in total. The van der Waals surface area contributed by atoms with Gasteiger partial charge in [-0.3, -0.25) is 4.72 Å². The van der Waals surface area contributed by atoms with E-state index >= 15 is 0 Å². The molecule has 0 bridgehead atoms. The van der Waals surface area contributed by atoms with Crippen molar-refractivity contribution in [3.8, 4) is 0 Å². The van der Waals surface area contributed by atoms with Crippen LogP contribution in [-0.4, -0.2) is 13.4 Å². The van der Waals surface area contributed by atoms with Crippen LogP contribution < -0.4 is 4.72 Å². The van der Waals surface area contributed by atoms with Crippen LogP contribution in [0.3, 0.4) is 0 Å². The summed E-state index contributed by atoms with van der Waals surface area (Å²) in [5.41, 5.74) is 1.74. The highest BCUT2D eigenvalue weighted by Crippen LogP contribution is 2.21. The number of sulfonamides is 1. The number of aromatic nitrogens is 1. The number of benzene rings is 2. The summed E-state index contributed by atoms with van der Waals surface area (Å²) < 4.78 is 27.6. The molecule has 0 aliphatic heterocycles. The van der Waals surface area contributed by atoms with E-state index in [-0.39, 0.29) is 4.90 Å². The van der Waals surface area contributed by atoms with E-state index in [0.717, 1.165) is 22.0 Å². The molecular weight excluding hydrogens is 296 g/mol. The second-order valence-corrected chi connectivity index (χ2v) is 6.97. The quantitative estimate of drug-likeness (QED) is 0.803. The third kappa shape index (κ3) is 2.94. The summed E-state index contributed by atoms with van der Waals surface area (Å²) in [5.74, 6) is 0.339. The maximum atomic E-state index is 12.5. The first kappa shape index (κ1) is 14.5. The zero-order valence-corrected chi connectivity index (χ0v) is 13.2. The van der Waals surface area contributed by atoms with Crippen LogP contribution in [0.1, 0.15) is 11.3 Å². The van der Waals surface area contributed by atoms with Crippen LogP contribution in [0.15, 0.2) is 59.5 Å². The first-order valence-corrected chi connectivity index (χ1v) is 8.39. The van der Waals surface area contributed by atoms with Crippen molar-refractivity contribution in [3.63, 3.8) is 0 Å². The molecule has 112 valence electrons. The summed E-state index contributed by atoms with van der Waals surface area (Å²) in [4.78, 5) is 4.45.